The van der Waals surface area contributed by atoms with Gasteiger partial charge in [0.15, 0.2) is 0 Å². The fourth-order valence-corrected chi connectivity index (χ4v) is 2.53. The van der Waals surface area contributed by atoms with Crippen LogP contribution in [0.2, 0.25) is 0 Å². The fourth-order valence-electron chi connectivity index (χ4n) is 1.69. The van der Waals surface area contributed by atoms with Gasteiger partial charge in [0, 0.05) is 4.90 Å². The third-order valence-electron chi connectivity index (χ3n) is 2.62. The molecule has 2 aromatic rings. The molecule has 2 rings (SSSR count). The summed E-state index contributed by atoms with van der Waals surface area (Å²) in [5.74, 6) is 2.39. The van der Waals surface area contributed by atoms with Crippen LogP contribution in [0.15, 0.2) is 45.7 Å². The van der Waals surface area contributed by atoms with Crippen LogP contribution in [0.1, 0.15) is 24.9 Å². The first-order valence-electron chi connectivity index (χ1n) is 6.44. The third-order valence-corrected chi connectivity index (χ3v) is 3.64. The van der Waals surface area contributed by atoms with Gasteiger partial charge >= 0.3 is 0 Å². The van der Waals surface area contributed by atoms with E-state index in [1.165, 1.54) is 12.1 Å². The Kier molecular flexibility index (Phi) is 5.48. The van der Waals surface area contributed by atoms with Crippen molar-refractivity contribution in [2.24, 2.45) is 0 Å². The second kappa shape index (κ2) is 7.36. The summed E-state index contributed by atoms with van der Waals surface area (Å²) in [6.45, 7) is 3.89. The molecule has 0 amide bonds. The van der Waals surface area contributed by atoms with Gasteiger partial charge in [0.25, 0.3) is 0 Å². The van der Waals surface area contributed by atoms with Crippen molar-refractivity contribution in [2.75, 3.05) is 6.54 Å². The minimum Gasteiger partial charge on any atom is -0.464 e. The average Bonchev–Trinajstić information content (AvgIpc) is 2.85. The molecule has 1 aromatic carbocycles. The average molecular weight is 279 g/mol. The third kappa shape index (κ3) is 4.73. The Balaban J connectivity index is 1.83. The summed E-state index contributed by atoms with van der Waals surface area (Å²) >= 11 is 1.58. The first kappa shape index (κ1) is 14.2. The molecule has 1 heterocycles. The zero-order chi connectivity index (χ0) is 13.5. The van der Waals surface area contributed by atoms with Crippen molar-refractivity contribution in [2.45, 2.75) is 30.5 Å². The van der Waals surface area contributed by atoms with Gasteiger partial charge in [0.1, 0.15) is 17.3 Å². The van der Waals surface area contributed by atoms with Crippen LogP contribution < -0.4 is 5.32 Å². The number of hydrogen-bond donors (Lipinski definition) is 1. The van der Waals surface area contributed by atoms with E-state index < -0.39 is 0 Å². The molecule has 0 radical (unpaired) electrons. The zero-order valence-corrected chi connectivity index (χ0v) is 11.8. The number of nitrogens with one attached hydrogen (secondary N) is 1. The predicted octanol–water partition coefficient (Wildman–Crippen LogP) is 4.21. The molecule has 0 atom stereocenters. The molecule has 0 spiro atoms. The molecule has 0 unspecified atom stereocenters. The highest BCUT2D eigenvalue weighted by Crippen LogP contribution is 2.24. The Morgan fingerprint density at radius 3 is 2.84 bits per heavy atom. The van der Waals surface area contributed by atoms with Gasteiger partial charge in [-0.1, -0.05) is 13.0 Å². The normalized spacial score (nSPS) is 10.8. The van der Waals surface area contributed by atoms with Crippen LogP contribution in [0.3, 0.4) is 0 Å². The van der Waals surface area contributed by atoms with Crippen molar-refractivity contribution in [1.82, 2.24) is 5.32 Å². The second-order valence-electron chi connectivity index (χ2n) is 4.29. The molecule has 19 heavy (non-hydrogen) atoms. The number of halogens is 1. The zero-order valence-electron chi connectivity index (χ0n) is 11.0. The molecule has 102 valence electrons. The van der Waals surface area contributed by atoms with Crippen molar-refractivity contribution < 1.29 is 8.81 Å². The van der Waals surface area contributed by atoms with E-state index in [0.29, 0.717) is 0 Å². The Morgan fingerprint density at radius 2 is 2.05 bits per heavy atom. The monoisotopic (exact) mass is 279 g/mol. The van der Waals surface area contributed by atoms with Gasteiger partial charge in [-0.2, -0.15) is 0 Å². The largest absolute Gasteiger partial charge is 0.464 e. The standard InChI is InChI=1S/C15H18FNOS/c1-2-8-17-10-13-6-7-14(18-13)11-19-15-5-3-4-12(16)9-15/h3-7,9,17H,2,8,10-11H2,1H3. The van der Waals surface area contributed by atoms with Crippen LogP contribution in [0.25, 0.3) is 0 Å². The van der Waals surface area contributed by atoms with Crippen molar-refractivity contribution >= 4 is 11.8 Å². The lowest BCUT2D eigenvalue weighted by Gasteiger charge is -2.01. The summed E-state index contributed by atoms with van der Waals surface area (Å²) in [6.07, 6.45) is 1.11. The van der Waals surface area contributed by atoms with E-state index in [1.54, 1.807) is 17.8 Å². The van der Waals surface area contributed by atoms with Crippen LogP contribution >= 0.6 is 11.8 Å². The van der Waals surface area contributed by atoms with Crippen LogP contribution in [0.4, 0.5) is 4.39 Å². The molecule has 1 aromatic heterocycles. The predicted molar refractivity (Wildman–Crippen MR) is 76.7 cm³/mol. The molecule has 0 saturated heterocycles. The van der Waals surface area contributed by atoms with E-state index >= 15 is 0 Å². The van der Waals surface area contributed by atoms with Crippen LogP contribution in [-0.2, 0) is 12.3 Å². The Morgan fingerprint density at radius 1 is 1.21 bits per heavy atom. The van der Waals surface area contributed by atoms with Crippen LogP contribution in [-0.4, -0.2) is 6.54 Å². The highest BCUT2D eigenvalue weighted by atomic mass is 32.2. The van der Waals surface area contributed by atoms with Crippen molar-refractivity contribution in [3.63, 3.8) is 0 Å². The van der Waals surface area contributed by atoms with E-state index in [4.69, 9.17) is 4.42 Å². The van der Waals surface area contributed by atoms with Crippen molar-refractivity contribution in [3.8, 4) is 0 Å². The number of benzene rings is 1. The molecule has 0 aliphatic rings. The van der Waals surface area contributed by atoms with E-state index in [2.05, 4.69) is 12.2 Å². The molecule has 2 nitrogen and oxygen atoms in total. The molecular formula is C15H18FNOS. The molecule has 0 aliphatic heterocycles. The molecule has 0 saturated carbocycles. The number of thioether (sulfide) groups is 1. The molecular weight excluding hydrogens is 261 g/mol. The quantitative estimate of drug-likeness (QED) is 0.607. The van der Waals surface area contributed by atoms with E-state index in [1.807, 2.05) is 18.2 Å². The SMILES string of the molecule is CCCNCc1ccc(CSc2cccc(F)c2)o1. The van der Waals surface area contributed by atoms with Gasteiger partial charge in [-0.25, -0.2) is 4.39 Å². The van der Waals surface area contributed by atoms with Gasteiger partial charge in [-0.05, 0) is 43.3 Å². The van der Waals surface area contributed by atoms with Gasteiger partial charge in [-0.15, -0.1) is 11.8 Å². The van der Waals surface area contributed by atoms with Gasteiger partial charge in [0.2, 0.25) is 0 Å². The lowest BCUT2D eigenvalue weighted by atomic mass is 10.4. The minimum absolute atomic E-state index is 0.200. The summed E-state index contributed by atoms with van der Waals surface area (Å²) in [4.78, 5) is 0.919. The summed E-state index contributed by atoms with van der Waals surface area (Å²) in [5.41, 5.74) is 0. The van der Waals surface area contributed by atoms with Gasteiger partial charge in [-0.3, -0.25) is 0 Å². The number of hydrogen-bond acceptors (Lipinski definition) is 3. The maximum absolute atomic E-state index is 13.0. The highest BCUT2D eigenvalue weighted by Gasteiger charge is 2.03. The van der Waals surface area contributed by atoms with Gasteiger partial charge < -0.3 is 9.73 Å². The summed E-state index contributed by atoms with van der Waals surface area (Å²) in [6, 6.07) is 10.6. The first-order valence-corrected chi connectivity index (χ1v) is 7.43. The lowest BCUT2D eigenvalue weighted by Crippen LogP contribution is -2.12. The lowest BCUT2D eigenvalue weighted by molar-refractivity contribution is 0.459. The van der Waals surface area contributed by atoms with Gasteiger partial charge in [0.05, 0.1) is 12.3 Å². The van der Waals surface area contributed by atoms with Crippen molar-refractivity contribution in [1.29, 1.82) is 0 Å². The fraction of sp³-hybridized carbons (Fsp3) is 0.333. The molecule has 0 aliphatic carbocycles. The minimum atomic E-state index is -0.200. The second-order valence-corrected chi connectivity index (χ2v) is 5.34. The molecule has 4 heteroatoms. The maximum Gasteiger partial charge on any atom is 0.124 e. The van der Waals surface area contributed by atoms with E-state index in [-0.39, 0.29) is 5.82 Å². The molecule has 0 fully saturated rings. The molecule has 0 bridgehead atoms. The molecule has 1 N–H and O–H groups in total. The number of rotatable bonds is 7. The first-order chi connectivity index (χ1) is 9.28. The maximum atomic E-state index is 13.0. The Labute approximate surface area is 117 Å². The number of furan rings is 1. The van der Waals surface area contributed by atoms with E-state index in [9.17, 15) is 4.39 Å². The van der Waals surface area contributed by atoms with Crippen LogP contribution in [0, 0.1) is 5.82 Å². The van der Waals surface area contributed by atoms with Crippen molar-refractivity contribution in [3.05, 3.63) is 53.7 Å². The highest BCUT2D eigenvalue weighted by molar-refractivity contribution is 7.98. The van der Waals surface area contributed by atoms with E-state index in [0.717, 1.165) is 41.7 Å². The Bertz CT molecular complexity index is 512. The Hall–Kier alpha value is -1.26. The summed E-state index contributed by atoms with van der Waals surface area (Å²) in [5, 5.41) is 3.30. The topological polar surface area (TPSA) is 25.2 Å². The smallest absolute Gasteiger partial charge is 0.124 e. The summed E-state index contributed by atoms with van der Waals surface area (Å²) < 4.78 is 18.7. The van der Waals surface area contributed by atoms with Crippen LogP contribution in [0.5, 0.6) is 0 Å². The summed E-state index contributed by atoms with van der Waals surface area (Å²) in [7, 11) is 0.